The van der Waals surface area contributed by atoms with E-state index in [0.29, 0.717) is 22.3 Å². The van der Waals surface area contributed by atoms with Gasteiger partial charge in [-0.1, -0.05) is 37.4 Å². The molecule has 1 aliphatic rings. The van der Waals surface area contributed by atoms with Gasteiger partial charge in [-0.15, -0.1) is 0 Å². The van der Waals surface area contributed by atoms with Crippen LogP contribution in [0.15, 0.2) is 43.5 Å². The van der Waals surface area contributed by atoms with Gasteiger partial charge in [-0.2, -0.15) is 5.26 Å². The van der Waals surface area contributed by atoms with Gasteiger partial charge in [0.2, 0.25) is 0 Å². The number of benzene rings is 1. The Bertz CT molecular complexity index is 1070. The van der Waals surface area contributed by atoms with Gasteiger partial charge < -0.3 is 16.0 Å². The Balaban J connectivity index is 0.000000755. The Morgan fingerprint density at radius 1 is 1.24 bits per heavy atom. The van der Waals surface area contributed by atoms with Crippen LogP contribution in [-0.2, 0) is 0 Å². The van der Waals surface area contributed by atoms with Crippen LogP contribution in [0.5, 0.6) is 0 Å². The number of nitrogen functional groups attached to an aromatic ring is 1. The molecule has 0 atom stereocenters. The highest BCUT2D eigenvalue weighted by Gasteiger charge is 2.21. The molecule has 0 amide bonds. The Morgan fingerprint density at radius 3 is 2.59 bits per heavy atom. The third-order valence-electron chi connectivity index (χ3n) is 5.47. The summed E-state index contributed by atoms with van der Waals surface area (Å²) in [5, 5.41) is 11.0. The molecule has 2 heterocycles. The minimum absolute atomic E-state index is 0.468. The predicted octanol–water partition coefficient (Wildman–Crippen LogP) is 5.71. The molecule has 0 unspecified atom stereocenters. The first-order chi connectivity index (χ1) is 14.0. The van der Waals surface area contributed by atoms with Crippen molar-refractivity contribution in [3.8, 4) is 17.2 Å². The number of nitriles is 1. The monoisotopic (exact) mass is 407 g/mol. The first kappa shape index (κ1) is 20.8. The molecule has 5 nitrogen and oxygen atoms in total. The number of nitrogens with two attached hydrogens (primary N) is 2. The van der Waals surface area contributed by atoms with Crippen molar-refractivity contribution in [1.29, 1.82) is 5.26 Å². The van der Waals surface area contributed by atoms with Crippen LogP contribution in [0.1, 0.15) is 49.3 Å². The van der Waals surface area contributed by atoms with E-state index in [1.54, 1.807) is 12.4 Å². The topological polar surface area (TPSA) is 93.7 Å². The summed E-state index contributed by atoms with van der Waals surface area (Å²) in [5.74, 6) is 0. The third kappa shape index (κ3) is 4.08. The Morgan fingerprint density at radius 2 is 1.93 bits per heavy atom. The minimum atomic E-state index is 0.468. The number of fused-ring (bicyclic) bond motifs is 1. The van der Waals surface area contributed by atoms with E-state index in [1.165, 1.54) is 38.3 Å². The smallest absolute Gasteiger partial charge is 0.0994 e. The fourth-order valence-electron chi connectivity index (χ4n) is 4.05. The van der Waals surface area contributed by atoms with Crippen LogP contribution >= 0.6 is 11.6 Å². The molecule has 4 N–H and O–H groups in total. The third-order valence-corrected chi connectivity index (χ3v) is 5.89. The highest BCUT2D eigenvalue weighted by atomic mass is 35.5. The molecule has 0 saturated heterocycles. The van der Waals surface area contributed by atoms with E-state index < -0.39 is 0 Å². The summed E-state index contributed by atoms with van der Waals surface area (Å²) in [5.41, 5.74) is 15.7. The van der Waals surface area contributed by atoms with Gasteiger partial charge in [0.15, 0.2) is 0 Å². The lowest BCUT2D eigenvalue weighted by Crippen LogP contribution is -2.11. The van der Waals surface area contributed by atoms with Gasteiger partial charge >= 0.3 is 0 Å². The Hall–Kier alpha value is -2.97. The normalized spacial score (nSPS) is 14.1. The highest BCUT2D eigenvalue weighted by Crippen LogP contribution is 2.41. The SMILES string of the molecule is C=CN.Cc1cc2c(cc1C#N)c(-c1cncc(N)c1Cl)cn2C1CCCCC1. The second kappa shape index (κ2) is 9.02. The summed E-state index contributed by atoms with van der Waals surface area (Å²) >= 11 is 6.49. The van der Waals surface area contributed by atoms with Crippen LogP contribution in [0, 0.1) is 18.3 Å². The second-order valence-electron chi connectivity index (χ2n) is 7.36. The van der Waals surface area contributed by atoms with E-state index in [-0.39, 0.29) is 0 Å². The number of aryl methyl sites for hydroxylation is 1. The molecule has 4 rings (SSSR count). The zero-order valence-corrected chi connectivity index (χ0v) is 17.4. The molecule has 2 aromatic heterocycles. The molecule has 1 saturated carbocycles. The van der Waals surface area contributed by atoms with Crippen molar-refractivity contribution < 1.29 is 0 Å². The van der Waals surface area contributed by atoms with Crippen molar-refractivity contribution >= 4 is 28.2 Å². The highest BCUT2D eigenvalue weighted by molar-refractivity contribution is 6.36. The van der Waals surface area contributed by atoms with E-state index >= 15 is 0 Å². The van der Waals surface area contributed by atoms with E-state index in [2.05, 4.69) is 40.2 Å². The number of anilines is 1. The average molecular weight is 408 g/mol. The molecule has 1 fully saturated rings. The van der Waals surface area contributed by atoms with Crippen molar-refractivity contribution in [1.82, 2.24) is 9.55 Å². The lowest BCUT2D eigenvalue weighted by Gasteiger charge is -2.24. The van der Waals surface area contributed by atoms with Gasteiger partial charge in [-0.25, -0.2) is 0 Å². The van der Waals surface area contributed by atoms with Gasteiger partial charge in [0.05, 0.1) is 28.5 Å². The van der Waals surface area contributed by atoms with Gasteiger partial charge in [0.1, 0.15) is 0 Å². The largest absolute Gasteiger partial charge is 0.405 e. The van der Waals surface area contributed by atoms with Crippen molar-refractivity contribution in [3.63, 3.8) is 0 Å². The Kier molecular flexibility index (Phi) is 6.46. The number of nitrogens with zero attached hydrogens (tertiary/aromatic N) is 3. The van der Waals surface area contributed by atoms with E-state index in [4.69, 9.17) is 17.3 Å². The van der Waals surface area contributed by atoms with Crippen LogP contribution in [0.25, 0.3) is 22.0 Å². The quantitative estimate of drug-likeness (QED) is 0.568. The van der Waals surface area contributed by atoms with Gasteiger partial charge in [0, 0.05) is 40.5 Å². The van der Waals surface area contributed by atoms with Crippen molar-refractivity contribution in [2.45, 2.75) is 45.1 Å². The standard InChI is InChI=1S/C21H21ClN4.C2H5N/c1-13-7-20-16(8-14(13)9-23)18(17-10-25-11-19(24)21(17)22)12-26(20)15-5-3-2-4-6-15;1-2-3/h7-8,10-12,15H,2-6,24H2,1H3;2H,1,3H2. The molecule has 29 heavy (non-hydrogen) atoms. The van der Waals surface area contributed by atoms with Gasteiger partial charge in [-0.05, 0) is 43.7 Å². The van der Waals surface area contributed by atoms with Crippen LogP contribution in [0.2, 0.25) is 5.02 Å². The lowest BCUT2D eigenvalue weighted by molar-refractivity contribution is 0.361. The summed E-state index contributed by atoms with van der Waals surface area (Å²) in [7, 11) is 0. The average Bonchev–Trinajstić information content (AvgIpc) is 3.08. The van der Waals surface area contributed by atoms with Crippen LogP contribution in [0.3, 0.4) is 0 Å². The van der Waals surface area contributed by atoms with Crippen LogP contribution < -0.4 is 11.5 Å². The van der Waals surface area contributed by atoms with Crippen LogP contribution in [0.4, 0.5) is 5.69 Å². The molecule has 1 aliphatic carbocycles. The zero-order valence-electron chi connectivity index (χ0n) is 16.7. The maximum atomic E-state index is 9.48. The number of aromatic nitrogens is 2. The van der Waals surface area contributed by atoms with Crippen LogP contribution in [-0.4, -0.2) is 9.55 Å². The summed E-state index contributed by atoms with van der Waals surface area (Å²) < 4.78 is 2.37. The maximum absolute atomic E-state index is 9.48. The van der Waals surface area contributed by atoms with E-state index in [9.17, 15) is 5.26 Å². The summed E-state index contributed by atoms with van der Waals surface area (Å²) in [4.78, 5) is 4.23. The molecule has 0 spiro atoms. The molecular weight excluding hydrogens is 382 g/mol. The molecule has 3 aromatic rings. The number of pyridine rings is 1. The number of hydrogen-bond acceptors (Lipinski definition) is 4. The molecule has 0 aliphatic heterocycles. The fraction of sp³-hybridized carbons (Fsp3) is 0.304. The molecule has 6 heteroatoms. The number of rotatable bonds is 2. The van der Waals surface area contributed by atoms with Gasteiger partial charge in [0.25, 0.3) is 0 Å². The number of hydrogen-bond donors (Lipinski definition) is 2. The van der Waals surface area contributed by atoms with Crippen molar-refractivity contribution in [3.05, 3.63) is 59.7 Å². The molecular formula is C23H26ClN5. The predicted molar refractivity (Wildman–Crippen MR) is 121 cm³/mol. The number of halogens is 1. The molecule has 0 radical (unpaired) electrons. The first-order valence-corrected chi connectivity index (χ1v) is 10.2. The zero-order chi connectivity index (χ0) is 21.0. The van der Waals surface area contributed by atoms with Gasteiger partial charge in [-0.3, -0.25) is 4.98 Å². The summed E-state index contributed by atoms with van der Waals surface area (Å²) in [6, 6.07) is 6.88. The van der Waals surface area contributed by atoms with Crippen molar-refractivity contribution in [2.75, 3.05) is 5.73 Å². The first-order valence-electron chi connectivity index (χ1n) is 9.79. The minimum Gasteiger partial charge on any atom is -0.405 e. The van der Waals surface area contributed by atoms with Crippen molar-refractivity contribution in [2.24, 2.45) is 5.73 Å². The second-order valence-corrected chi connectivity index (χ2v) is 7.74. The molecule has 0 bridgehead atoms. The van der Waals surface area contributed by atoms with E-state index in [1.807, 2.05) is 13.0 Å². The fourth-order valence-corrected chi connectivity index (χ4v) is 4.24. The maximum Gasteiger partial charge on any atom is 0.0994 e. The molecule has 150 valence electrons. The summed E-state index contributed by atoms with van der Waals surface area (Å²) in [6.07, 6.45) is 12.9. The van der Waals surface area contributed by atoms with E-state index in [0.717, 1.165) is 27.6 Å². The molecule has 1 aromatic carbocycles. The Labute approximate surface area is 176 Å². The lowest BCUT2D eigenvalue weighted by atomic mass is 9.95. The summed E-state index contributed by atoms with van der Waals surface area (Å²) in [6.45, 7) is 5.13.